The molecule has 2 amide bonds. The van der Waals surface area contributed by atoms with Crippen molar-refractivity contribution in [2.45, 2.75) is 52.2 Å². The minimum atomic E-state index is -0.785. The molecule has 3 rings (SSSR count). The summed E-state index contributed by atoms with van der Waals surface area (Å²) in [4.78, 5) is 28.7. The van der Waals surface area contributed by atoms with Crippen molar-refractivity contribution in [1.82, 2.24) is 10.2 Å². The Morgan fingerprint density at radius 3 is 2.25 bits per heavy atom. The third-order valence-corrected chi connectivity index (χ3v) is 6.10. The first kappa shape index (κ1) is 27.6. The van der Waals surface area contributed by atoms with E-state index in [-0.39, 0.29) is 25.0 Å². The number of halogens is 2. The van der Waals surface area contributed by atoms with E-state index in [1.165, 1.54) is 4.90 Å². The summed E-state index contributed by atoms with van der Waals surface area (Å²) in [6.07, 6.45) is 0.338. The van der Waals surface area contributed by atoms with Crippen LogP contribution in [0.25, 0.3) is 0 Å². The molecule has 3 aromatic rings. The standard InChI is InChI=1S/C29H32Cl2N2O3/c1-20-10-14-24(15-11-20)36-19-27(34)33(18-22-12-13-23(30)17-25(22)31)26(28(35)32-29(2,3)4)16-21-8-6-5-7-9-21/h5-15,17,26H,16,18-19H2,1-4H3,(H,32,35). The smallest absolute Gasteiger partial charge is 0.261 e. The molecular formula is C29H32Cl2N2O3. The van der Waals surface area contributed by atoms with Gasteiger partial charge in [-0.1, -0.05) is 77.3 Å². The quantitative estimate of drug-likeness (QED) is 0.359. The minimum absolute atomic E-state index is 0.126. The van der Waals surface area contributed by atoms with Crippen LogP contribution < -0.4 is 10.1 Å². The maximum Gasteiger partial charge on any atom is 0.261 e. The summed E-state index contributed by atoms with van der Waals surface area (Å²) < 4.78 is 5.79. The Hall–Kier alpha value is -3.02. The Labute approximate surface area is 223 Å². The predicted octanol–water partition coefficient (Wildman–Crippen LogP) is 6.24. The van der Waals surface area contributed by atoms with Crippen LogP contribution in [0.2, 0.25) is 10.0 Å². The maximum absolute atomic E-state index is 13.6. The van der Waals surface area contributed by atoms with Gasteiger partial charge >= 0.3 is 0 Å². The van der Waals surface area contributed by atoms with Crippen LogP contribution in [-0.2, 0) is 22.6 Å². The summed E-state index contributed by atoms with van der Waals surface area (Å²) in [6, 6.07) is 21.4. The fourth-order valence-corrected chi connectivity index (χ4v) is 4.17. The lowest BCUT2D eigenvalue weighted by molar-refractivity contribution is -0.143. The van der Waals surface area contributed by atoms with Crippen molar-refractivity contribution in [3.8, 4) is 5.75 Å². The van der Waals surface area contributed by atoms with Crippen molar-refractivity contribution in [2.75, 3.05) is 6.61 Å². The van der Waals surface area contributed by atoms with Crippen LogP contribution in [-0.4, -0.2) is 34.9 Å². The van der Waals surface area contributed by atoms with Crippen molar-refractivity contribution >= 4 is 35.0 Å². The Balaban J connectivity index is 1.95. The summed E-state index contributed by atoms with van der Waals surface area (Å²) in [6.45, 7) is 7.62. The second-order valence-electron chi connectivity index (χ2n) is 9.80. The molecule has 1 N–H and O–H groups in total. The summed E-state index contributed by atoms with van der Waals surface area (Å²) >= 11 is 12.6. The van der Waals surface area contributed by atoms with Crippen molar-refractivity contribution in [1.29, 1.82) is 0 Å². The van der Waals surface area contributed by atoms with Gasteiger partial charge in [0.2, 0.25) is 5.91 Å². The highest BCUT2D eigenvalue weighted by atomic mass is 35.5. The van der Waals surface area contributed by atoms with Gasteiger partial charge in [0.25, 0.3) is 5.91 Å². The van der Waals surface area contributed by atoms with E-state index in [0.29, 0.717) is 27.8 Å². The maximum atomic E-state index is 13.6. The molecule has 0 spiro atoms. The van der Waals surface area contributed by atoms with Gasteiger partial charge in [-0.3, -0.25) is 9.59 Å². The van der Waals surface area contributed by atoms with Crippen LogP contribution in [0.1, 0.15) is 37.5 Å². The zero-order valence-electron chi connectivity index (χ0n) is 21.1. The third kappa shape index (κ3) is 8.28. The molecular weight excluding hydrogens is 495 g/mol. The van der Waals surface area contributed by atoms with E-state index >= 15 is 0 Å². The monoisotopic (exact) mass is 526 g/mol. The molecule has 0 aliphatic rings. The first-order chi connectivity index (χ1) is 17.0. The lowest BCUT2D eigenvalue weighted by atomic mass is 10.0. The Morgan fingerprint density at radius 1 is 0.972 bits per heavy atom. The molecule has 7 heteroatoms. The van der Waals surface area contributed by atoms with Crippen LogP contribution in [0.15, 0.2) is 72.8 Å². The minimum Gasteiger partial charge on any atom is -0.484 e. The van der Waals surface area contributed by atoms with Crippen molar-refractivity contribution in [3.05, 3.63) is 99.5 Å². The number of ether oxygens (including phenoxy) is 1. The number of hydrogen-bond donors (Lipinski definition) is 1. The van der Waals surface area contributed by atoms with Gasteiger partial charge in [0.15, 0.2) is 6.61 Å². The van der Waals surface area contributed by atoms with Gasteiger partial charge in [-0.25, -0.2) is 0 Å². The molecule has 0 aliphatic heterocycles. The van der Waals surface area contributed by atoms with Gasteiger partial charge in [-0.15, -0.1) is 0 Å². The molecule has 0 aromatic heterocycles. The van der Waals surface area contributed by atoms with Crippen molar-refractivity contribution in [3.63, 3.8) is 0 Å². The Bertz CT molecular complexity index is 1180. The molecule has 36 heavy (non-hydrogen) atoms. The highest BCUT2D eigenvalue weighted by molar-refractivity contribution is 6.35. The summed E-state index contributed by atoms with van der Waals surface area (Å²) in [5.74, 6) is 0.00360. The number of hydrogen-bond acceptors (Lipinski definition) is 3. The average Bonchev–Trinajstić information content (AvgIpc) is 2.81. The second-order valence-corrected chi connectivity index (χ2v) is 10.6. The number of amides is 2. The number of rotatable bonds is 9. The molecule has 0 saturated carbocycles. The molecule has 3 aromatic carbocycles. The molecule has 5 nitrogen and oxygen atoms in total. The highest BCUT2D eigenvalue weighted by Gasteiger charge is 2.32. The third-order valence-electron chi connectivity index (χ3n) is 5.51. The fourth-order valence-electron chi connectivity index (χ4n) is 3.70. The lowest BCUT2D eigenvalue weighted by Gasteiger charge is -2.34. The van der Waals surface area contributed by atoms with E-state index in [9.17, 15) is 9.59 Å². The van der Waals surface area contributed by atoms with Crippen LogP contribution in [0, 0.1) is 6.92 Å². The van der Waals surface area contributed by atoms with Gasteiger partial charge in [0, 0.05) is 28.5 Å². The summed E-state index contributed by atoms with van der Waals surface area (Å²) in [5, 5.41) is 3.96. The molecule has 0 heterocycles. The number of carbonyl (C=O) groups is 2. The van der Waals surface area contributed by atoms with Gasteiger partial charge < -0.3 is 15.0 Å². The largest absolute Gasteiger partial charge is 0.484 e. The van der Waals surface area contributed by atoms with Gasteiger partial charge in [-0.2, -0.15) is 0 Å². The van der Waals surface area contributed by atoms with Crippen molar-refractivity contribution < 1.29 is 14.3 Å². The average molecular weight is 527 g/mol. The molecule has 0 fully saturated rings. The lowest BCUT2D eigenvalue weighted by Crippen LogP contribution is -2.55. The van der Waals surface area contributed by atoms with Crippen LogP contribution in [0.4, 0.5) is 0 Å². The Kier molecular flexibility index (Phi) is 9.41. The number of nitrogens with one attached hydrogen (secondary N) is 1. The first-order valence-electron chi connectivity index (χ1n) is 11.8. The molecule has 190 valence electrons. The van der Waals surface area contributed by atoms with Crippen LogP contribution >= 0.6 is 23.2 Å². The summed E-state index contributed by atoms with van der Waals surface area (Å²) in [7, 11) is 0. The van der Waals surface area contributed by atoms with E-state index in [2.05, 4.69) is 5.32 Å². The van der Waals surface area contributed by atoms with E-state index in [1.54, 1.807) is 18.2 Å². The molecule has 0 aliphatic carbocycles. The Morgan fingerprint density at radius 2 is 1.64 bits per heavy atom. The van der Waals surface area contributed by atoms with Crippen LogP contribution in [0.5, 0.6) is 5.75 Å². The molecule has 1 unspecified atom stereocenters. The molecule has 1 atom stereocenters. The van der Waals surface area contributed by atoms with Gasteiger partial charge in [-0.05, 0) is 63.1 Å². The summed E-state index contributed by atoms with van der Waals surface area (Å²) in [5.41, 5.74) is 2.24. The highest BCUT2D eigenvalue weighted by Crippen LogP contribution is 2.24. The zero-order chi connectivity index (χ0) is 26.3. The van der Waals surface area contributed by atoms with E-state index in [0.717, 1.165) is 11.1 Å². The van der Waals surface area contributed by atoms with Gasteiger partial charge in [0.1, 0.15) is 11.8 Å². The van der Waals surface area contributed by atoms with E-state index in [4.69, 9.17) is 27.9 Å². The number of aryl methyl sites for hydroxylation is 1. The molecule has 0 bridgehead atoms. The topological polar surface area (TPSA) is 58.6 Å². The predicted molar refractivity (Wildman–Crippen MR) is 146 cm³/mol. The number of benzene rings is 3. The number of nitrogens with zero attached hydrogens (tertiary/aromatic N) is 1. The normalized spacial score (nSPS) is 12.1. The van der Waals surface area contributed by atoms with Crippen molar-refractivity contribution in [2.24, 2.45) is 0 Å². The second kappa shape index (κ2) is 12.3. The zero-order valence-corrected chi connectivity index (χ0v) is 22.6. The van der Waals surface area contributed by atoms with Crippen LogP contribution in [0.3, 0.4) is 0 Å². The number of carbonyl (C=O) groups excluding carboxylic acids is 2. The SMILES string of the molecule is Cc1ccc(OCC(=O)N(Cc2ccc(Cl)cc2Cl)C(Cc2ccccc2)C(=O)NC(C)(C)C)cc1. The van der Waals surface area contributed by atoms with E-state index in [1.807, 2.05) is 82.3 Å². The van der Waals surface area contributed by atoms with E-state index < -0.39 is 11.6 Å². The molecule has 0 saturated heterocycles. The van der Waals surface area contributed by atoms with Gasteiger partial charge in [0.05, 0.1) is 0 Å². The fraction of sp³-hybridized carbons (Fsp3) is 0.310. The molecule has 0 radical (unpaired) electrons. The first-order valence-corrected chi connectivity index (χ1v) is 12.6.